The highest BCUT2D eigenvalue weighted by Gasteiger charge is 2.14. The van der Waals surface area contributed by atoms with Crippen molar-refractivity contribution < 1.29 is 14.3 Å². The number of ether oxygens (including phenoxy) is 2. The van der Waals surface area contributed by atoms with Gasteiger partial charge in [0.2, 0.25) is 0 Å². The first kappa shape index (κ1) is 13.4. The Balaban J connectivity index is 2.93. The fourth-order valence-electron chi connectivity index (χ4n) is 1.39. The van der Waals surface area contributed by atoms with Crippen LogP contribution < -0.4 is 14.8 Å². The average molecular weight is 237 g/mol. The fourth-order valence-corrected chi connectivity index (χ4v) is 1.39. The summed E-state index contributed by atoms with van der Waals surface area (Å²) in [6, 6.07) is 5.30. The van der Waals surface area contributed by atoms with E-state index in [4.69, 9.17) is 9.47 Å². The molecule has 0 unspecified atom stereocenters. The van der Waals surface area contributed by atoms with Crippen molar-refractivity contribution in [1.82, 2.24) is 5.32 Å². The van der Waals surface area contributed by atoms with Crippen molar-refractivity contribution >= 4 is 5.91 Å². The second-order valence-corrected chi connectivity index (χ2v) is 3.85. The third kappa shape index (κ3) is 3.37. The predicted molar refractivity (Wildman–Crippen MR) is 66.8 cm³/mol. The smallest absolute Gasteiger partial charge is 0.255 e. The van der Waals surface area contributed by atoms with Gasteiger partial charge >= 0.3 is 0 Å². The summed E-state index contributed by atoms with van der Waals surface area (Å²) in [6.45, 7) is 3.99. The lowest BCUT2D eigenvalue weighted by molar-refractivity contribution is 0.0936. The van der Waals surface area contributed by atoms with Crippen LogP contribution in [0.25, 0.3) is 0 Å². The van der Waals surface area contributed by atoms with Crippen LogP contribution in [-0.4, -0.2) is 26.2 Å². The van der Waals surface area contributed by atoms with E-state index in [1.54, 1.807) is 25.3 Å². The highest BCUT2D eigenvalue weighted by Crippen LogP contribution is 2.24. The Morgan fingerprint density at radius 3 is 2.59 bits per heavy atom. The molecule has 4 heteroatoms. The van der Waals surface area contributed by atoms with Crippen molar-refractivity contribution in [3.05, 3.63) is 23.8 Å². The van der Waals surface area contributed by atoms with Gasteiger partial charge in [0.1, 0.15) is 11.5 Å². The Hall–Kier alpha value is -1.71. The van der Waals surface area contributed by atoms with Crippen LogP contribution in [0.15, 0.2) is 18.2 Å². The number of amides is 1. The normalized spacial score (nSPS) is 11.8. The first-order chi connectivity index (χ1) is 8.12. The van der Waals surface area contributed by atoms with Crippen LogP contribution in [-0.2, 0) is 0 Å². The van der Waals surface area contributed by atoms with E-state index >= 15 is 0 Å². The van der Waals surface area contributed by atoms with E-state index in [2.05, 4.69) is 5.32 Å². The average Bonchev–Trinajstić information content (AvgIpc) is 2.37. The van der Waals surface area contributed by atoms with Crippen molar-refractivity contribution in [2.75, 3.05) is 14.2 Å². The Morgan fingerprint density at radius 1 is 1.35 bits per heavy atom. The summed E-state index contributed by atoms with van der Waals surface area (Å²) in [5.74, 6) is 1.06. The summed E-state index contributed by atoms with van der Waals surface area (Å²) in [4.78, 5) is 12.0. The second kappa shape index (κ2) is 6.13. The van der Waals surface area contributed by atoms with Gasteiger partial charge in [-0.25, -0.2) is 0 Å². The van der Waals surface area contributed by atoms with Gasteiger partial charge < -0.3 is 14.8 Å². The molecule has 1 aromatic rings. The zero-order valence-electron chi connectivity index (χ0n) is 10.7. The largest absolute Gasteiger partial charge is 0.497 e. The topological polar surface area (TPSA) is 47.6 Å². The Bertz CT molecular complexity index is 390. The standard InChI is InChI=1S/C13H19NO3/c1-5-9(2)14-13(15)11-7-6-10(16-3)8-12(11)17-4/h6-9H,5H2,1-4H3,(H,14,15)/t9-/m1/s1. The van der Waals surface area contributed by atoms with E-state index in [0.717, 1.165) is 6.42 Å². The molecular weight excluding hydrogens is 218 g/mol. The number of methoxy groups -OCH3 is 2. The maximum Gasteiger partial charge on any atom is 0.255 e. The van der Waals surface area contributed by atoms with Gasteiger partial charge in [-0.2, -0.15) is 0 Å². The number of carbonyl (C=O) groups excluding carboxylic acids is 1. The number of benzene rings is 1. The van der Waals surface area contributed by atoms with E-state index in [-0.39, 0.29) is 11.9 Å². The molecule has 0 fully saturated rings. The lowest BCUT2D eigenvalue weighted by atomic mass is 10.1. The van der Waals surface area contributed by atoms with Crippen molar-refractivity contribution in [3.8, 4) is 11.5 Å². The van der Waals surface area contributed by atoms with E-state index in [1.165, 1.54) is 7.11 Å². The fraction of sp³-hybridized carbons (Fsp3) is 0.462. The Morgan fingerprint density at radius 2 is 2.06 bits per heavy atom. The maximum absolute atomic E-state index is 12.0. The summed E-state index contributed by atoms with van der Waals surface area (Å²) < 4.78 is 10.3. The molecule has 0 saturated heterocycles. The summed E-state index contributed by atoms with van der Waals surface area (Å²) in [5, 5.41) is 2.90. The van der Waals surface area contributed by atoms with Crippen LogP contribution in [0.5, 0.6) is 11.5 Å². The molecule has 0 bridgehead atoms. The number of carbonyl (C=O) groups is 1. The third-order valence-electron chi connectivity index (χ3n) is 2.64. The highest BCUT2D eigenvalue weighted by atomic mass is 16.5. The molecule has 1 aromatic carbocycles. The minimum atomic E-state index is -0.126. The van der Waals surface area contributed by atoms with Crippen LogP contribution in [0, 0.1) is 0 Å². The van der Waals surface area contributed by atoms with Gasteiger partial charge in [0, 0.05) is 12.1 Å². The van der Waals surface area contributed by atoms with E-state index in [9.17, 15) is 4.79 Å². The van der Waals surface area contributed by atoms with E-state index in [0.29, 0.717) is 17.1 Å². The minimum Gasteiger partial charge on any atom is -0.497 e. The number of hydrogen-bond donors (Lipinski definition) is 1. The quantitative estimate of drug-likeness (QED) is 0.854. The van der Waals surface area contributed by atoms with Crippen LogP contribution >= 0.6 is 0 Å². The van der Waals surface area contributed by atoms with Gasteiger partial charge in [0.25, 0.3) is 5.91 Å². The van der Waals surface area contributed by atoms with Gasteiger partial charge in [-0.05, 0) is 25.5 Å². The molecular formula is C13H19NO3. The molecule has 0 aromatic heterocycles. The van der Waals surface area contributed by atoms with Crippen LogP contribution in [0.4, 0.5) is 0 Å². The summed E-state index contributed by atoms with van der Waals surface area (Å²) in [5.41, 5.74) is 0.522. The van der Waals surface area contributed by atoms with Crippen molar-refractivity contribution in [3.63, 3.8) is 0 Å². The van der Waals surface area contributed by atoms with Crippen LogP contribution in [0.1, 0.15) is 30.6 Å². The van der Waals surface area contributed by atoms with Gasteiger partial charge in [0.15, 0.2) is 0 Å². The molecule has 1 rings (SSSR count). The van der Waals surface area contributed by atoms with E-state index < -0.39 is 0 Å². The molecule has 0 aliphatic heterocycles. The molecule has 0 aliphatic rings. The monoisotopic (exact) mass is 237 g/mol. The highest BCUT2D eigenvalue weighted by molar-refractivity contribution is 5.97. The molecule has 4 nitrogen and oxygen atoms in total. The van der Waals surface area contributed by atoms with Gasteiger partial charge in [0.05, 0.1) is 19.8 Å². The van der Waals surface area contributed by atoms with Crippen LogP contribution in [0.2, 0.25) is 0 Å². The zero-order chi connectivity index (χ0) is 12.8. The first-order valence-corrected chi connectivity index (χ1v) is 5.65. The number of hydrogen-bond acceptors (Lipinski definition) is 3. The molecule has 0 radical (unpaired) electrons. The van der Waals surface area contributed by atoms with Crippen molar-refractivity contribution in [1.29, 1.82) is 0 Å². The molecule has 94 valence electrons. The first-order valence-electron chi connectivity index (χ1n) is 5.65. The maximum atomic E-state index is 12.0. The Labute approximate surface area is 102 Å². The minimum absolute atomic E-state index is 0.126. The van der Waals surface area contributed by atoms with Gasteiger partial charge in [-0.1, -0.05) is 6.92 Å². The van der Waals surface area contributed by atoms with Crippen LogP contribution in [0.3, 0.4) is 0 Å². The third-order valence-corrected chi connectivity index (χ3v) is 2.64. The Kier molecular flexibility index (Phi) is 4.82. The summed E-state index contributed by atoms with van der Waals surface area (Å²) >= 11 is 0. The van der Waals surface area contributed by atoms with E-state index in [1.807, 2.05) is 13.8 Å². The van der Waals surface area contributed by atoms with Crippen molar-refractivity contribution in [2.45, 2.75) is 26.3 Å². The van der Waals surface area contributed by atoms with Gasteiger partial charge in [-0.3, -0.25) is 4.79 Å². The molecule has 0 saturated carbocycles. The predicted octanol–water partition coefficient (Wildman–Crippen LogP) is 2.23. The summed E-state index contributed by atoms with van der Waals surface area (Å²) in [7, 11) is 3.11. The molecule has 17 heavy (non-hydrogen) atoms. The lowest BCUT2D eigenvalue weighted by Gasteiger charge is -2.14. The molecule has 0 heterocycles. The van der Waals surface area contributed by atoms with Gasteiger partial charge in [-0.15, -0.1) is 0 Å². The summed E-state index contributed by atoms with van der Waals surface area (Å²) in [6.07, 6.45) is 0.893. The number of rotatable bonds is 5. The molecule has 1 atom stereocenters. The molecule has 1 amide bonds. The second-order valence-electron chi connectivity index (χ2n) is 3.85. The van der Waals surface area contributed by atoms with Crippen molar-refractivity contribution in [2.24, 2.45) is 0 Å². The molecule has 0 aliphatic carbocycles. The number of nitrogens with one attached hydrogen (secondary N) is 1. The zero-order valence-corrected chi connectivity index (χ0v) is 10.7. The molecule has 0 spiro atoms. The SMILES string of the molecule is CC[C@@H](C)NC(=O)c1ccc(OC)cc1OC. The molecule has 1 N–H and O–H groups in total. The lowest BCUT2D eigenvalue weighted by Crippen LogP contribution is -2.32.